The first-order chi connectivity index (χ1) is 13.1. The molecule has 1 aliphatic heterocycles. The second-order valence-corrected chi connectivity index (χ2v) is 8.06. The zero-order chi connectivity index (χ0) is 19.2. The van der Waals surface area contributed by atoms with Crippen molar-refractivity contribution in [3.8, 4) is 0 Å². The van der Waals surface area contributed by atoms with Crippen LogP contribution >= 0.6 is 0 Å². The fourth-order valence-corrected chi connectivity index (χ4v) is 4.05. The zero-order valence-corrected chi connectivity index (χ0v) is 16.7. The number of fused-ring (bicyclic) bond motifs is 1. The van der Waals surface area contributed by atoms with Crippen molar-refractivity contribution in [3.05, 3.63) is 17.2 Å². The van der Waals surface area contributed by atoms with E-state index in [2.05, 4.69) is 15.6 Å². The van der Waals surface area contributed by atoms with Gasteiger partial charge in [-0.05, 0) is 46.2 Å². The molecule has 1 fully saturated rings. The molecule has 0 spiro atoms. The predicted octanol–water partition coefficient (Wildman–Crippen LogP) is 1.96. The van der Waals surface area contributed by atoms with Crippen LogP contribution in [0, 0.1) is 0 Å². The van der Waals surface area contributed by atoms with E-state index in [9.17, 15) is 9.59 Å². The summed E-state index contributed by atoms with van der Waals surface area (Å²) in [6.07, 6.45) is 9.80. The number of nitrogens with one attached hydrogen (secondary N) is 2. The van der Waals surface area contributed by atoms with Crippen LogP contribution in [0.4, 0.5) is 0 Å². The summed E-state index contributed by atoms with van der Waals surface area (Å²) in [6, 6.07) is 0.235. The van der Waals surface area contributed by atoms with Gasteiger partial charge in [-0.25, -0.2) is 4.98 Å². The van der Waals surface area contributed by atoms with E-state index in [1.165, 1.54) is 25.7 Å². The van der Waals surface area contributed by atoms with Crippen LogP contribution in [0.15, 0.2) is 0 Å². The molecule has 0 atom stereocenters. The Morgan fingerprint density at radius 2 is 1.81 bits per heavy atom. The van der Waals surface area contributed by atoms with E-state index in [0.29, 0.717) is 18.1 Å². The highest BCUT2D eigenvalue weighted by atomic mass is 16.2. The van der Waals surface area contributed by atoms with Crippen molar-refractivity contribution in [3.63, 3.8) is 0 Å². The Morgan fingerprint density at radius 3 is 2.52 bits per heavy atom. The third-order valence-corrected chi connectivity index (χ3v) is 5.57. The van der Waals surface area contributed by atoms with Crippen LogP contribution in [0.25, 0.3) is 0 Å². The zero-order valence-electron chi connectivity index (χ0n) is 16.7. The minimum Gasteiger partial charge on any atom is -0.348 e. The number of hydrogen-bond acceptors (Lipinski definition) is 4. The summed E-state index contributed by atoms with van der Waals surface area (Å²) in [5, 5.41) is 6.11. The first-order valence-electron chi connectivity index (χ1n) is 10.4. The molecule has 150 valence electrons. The number of aromatic nitrogens is 2. The maximum Gasteiger partial charge on any atom is 0.287 e. The van der Waals surface area contributed by atoms with E-state index in [0.717, 1.165) is 50.9 Å². The maximum absolute atomic E-state index is 12.9. The molecule has 1 aliphatic carbocycles. The third-order valence-electron chi connectivity index (χ3n) is 5.57. The molecule has 0 bridgehead atoms. The van der Waals surface area contributed by atoms with Crippen LogP contribution in [0.1, 0.15) is 78.2 Å². The van der Waals surface area contributed by atoms with E-state index >= 15 is 0 Å². The average molecular weight is 376 g/mol. The number of rotatable bonds is 6. The number of nitrogens with zero attached hydrogens (tertiary/aromatic N) is 3. The topological polar surface area (TPSA) is 79.3 Å². The lowest BCUT2D eigenvalue weighted by Gasteiger charge is -2.18. The fraction of sp³-hybridized carbons (Fsp3) is 0.750. The van der Waals surface area contributed by atoms with Gasteiger partial charge in [0.15, 0.2) is 5.82 Å². The number of amides is 2. The van der Waals surface area contributed by atoms with E-state index < -0.39 is 0 Å². The Bertz CT molecular complexity index is 660. The monoisotopic (exact) mass is 375 g/mol. The summed E-state index contributed by atoms with van der Waals surface area (Å²) in [5.74, 6) is 0.0860. The van der Waals surface area contributed by atoms with E-state index in [1.54, 1.807) is 0 Å². The molecule has 2 N–H and O–H groups in total. The number of likely N-dealkylation sites (N-methyl/N-ethyl adjacent to an activating group) is 1. The molecule has 3 rings (SSSR count). The van der Waals surface area contributed by atoms with Crippen LogP contribution in [0.5, 0.6) is 0 Å². The standard InChI is InChI=1S/C20H33N5O2/c1-24(2)14-12-21-20(27)18-23-17(16-11-7-8-13-25(16)18)19(26)22-15-9-5-3-4-6-10-15/h15H,3-14H2,1-2H3,(H,21,27)(H,22,26). The smallest absolute Gasteiger partial charge is 0.287 e. The number of carbonyl (C=O) groups excluding carboxylic acids is 2. The van der Waals surface area contributed by atoms with Crippen molar-refractivity contribution in [2.75, 3.05) is 27.2 Å². The molecule has 0 aromatic carbocycles. The van der Waals surface area contributed by atoms with Gasteiger partial charge in [-0.15, -0.1) is 0 Å². The van der Waals surface area contributed by atoms with E-state index in [4.69, 9.17) is 0 Å². The molecule has 0 saturated heterocycles. The summed E-state index contributed by atoms with van der Waals surface area (Å²) < 4.78 is 1.95. The average Bonchev–Trinajstić information content (AvgIpc) is 2.85. The second-order valence-electron chi connectivity index (χ2n) is 8.06. The Labute approximate surface area is 161 Å². The van der Waals surface area contributed by atoms with Crippen molar-refractivity contribution >= 4 is 11.8 Å². The van der Waals surface area contributed by atoms with E-state index in [1.807, 2.05) is 23.6 Å². The van der Waals surface area contributed by atoms with Gasteiger partial charge in [0, 0.05) is 25.7 Å². The Kier molecular flexibility index (Phi) is 6.88. The lowest BCUT2D eigenvalue weighted by Crippen LogP contribution is -2.35. The molecule has 2 amide bonds. The van der Waals surface area contributed by atoms with Crippen LogP contribution in [0.2, 0.25) is 0 Å². The molecule has 7 heteroatoms. The van der Waals surface area contributed by atoms with Gasteiger partial charge < -0.3 is 20.1 Å². The van der Waals surface area contributed by atoms with Gasteiger partial charge in [0.1, 0.15) is 5.69 Å². The Morgan fingerprint density at radius 1 is 1.07 bits per heavy atom. The van der Waals surface area contributed by atoms with Gasteiger partial charge in [-0.3, -0.25) is 9.59 Å². The summed E-state index contributed by atoms with van der Waals surface area (Å²) >= 11 is 0. The largest absolute Gasteiger partial charge is 0.348 e. The molecule has 2 aliphatic rings. The molecule has 0 unspecified atom stereocenters. The molecule has 1 aromatic rings. The normalized spacial score (nSPS) is 18.0. The minimum absolute atomic E-state index is 0.111. The number of carbonyl (C=O) groups is 2. The van der Waals surface area contributed by atoms with Gasteiger partial charge in [-0.2, -0.15) is 0 Å². The van der Waals surface area contributed by atoms with Crippen molar-refractivity contribution < 1.29 is 9.59 Å². The molecule has 1 aromatic heterocycles. The third kappa shape index (κ3) is 5.09. The molecular formula is C20H33N5O2. The Balaban J connectivity index is 1.73. The van der Waals surface area contributed by atoms with Crippen LogP contribution in [-0.2, 0) is 13.0 Å². The highest BCUT2D eigenvalue weighted by molar-refractivity contribution is 5.97. The van der Waals surface area contributed by atoms with Gasteiger partial charge in [-0.1, -0.05) is 25.7 Å². The second kappa shape index (κ2) is 9.35. The molecular weight excluding hydrogens is 342 g/mol. The van der Waals surface area contributed by atoms with Gasteiger partial charge in [0.2, 0.25) is 0 Å². The molecule has 1 saturated carbocycles. The maximum atomic E-state index is 12.9. The summed E-state index contributed by atoms with van der Waals surface area (Å²) in [4.78, 5) is 32.1. The van der Waals surface area contributed by atoms with Crippen molar-refractivity contribution in [1.29, 1.82) is 0 Å². The van der Waals surface area contributed by atoms with Crippen LogP contribution in [0.3, 0.4) is 0 Å². The molecule has 2 heterocycles. The predicted molar refractivity (Wildman–Crippen MR) is 105 cm³/mol. The van der Waals surface area contributed by atoms with Crippen molar-refractivity contribution in [2.24, 2.45) is 0 Å². The van der Waals surface area contributed by atoms with E-state index in [-0.39, 0.29) is 17.9 Å². The highest BCUT2D eigenvalue weighted by Crippen LogP contribution is 2.22. The fourth-order valence-electron chi connectivity index (χ4n) is 4.05. The van der Waals surface area contributed by atoms with Crippen molar-refractivity contribution in [2.45, 2.75) is 70.4 Å². The SMILES string of the molecule is CN(C)CCNC(=O)c1nc(C(=O)NC2CCCCCC2)c2n1CCCC2. The van der Waals surface area contributed by atoms with Gasteiger partial charge >= 0.3 is 0 Å². The first-order valence-corrected chi connectivity index (χ1v) is 10.4. The highest BCUT2D eigenvalue weighted by Gasteiger charge is 2.28. The van der Waals surface area contributed by atoms with Crippen LogP contribution in [-0.4, -0.2) is 59.5 Å². The molecule has 7 nitrogen and oxygen atoms in total. The number of hydrogen-bond donors (Lipinski definition) is 2. The Hall–Kier alpha value is -1.89. The lowest BCUT2D eigenvalue weighted by molar-refractivity contribution is 0.0927. The van der Waals surface area contributed by atoms with Gasteiger partial charge in [0.25, 0.3) is 11.8 Å². The minimum atomic E-state index is -0.187. The van der Waals surface area contributed by atoms with Crippen molar-refractivity contribution in [1.82, 2.24) is 25.1 Å². The summed E-state index contributed by atoms with van der Waals surface area (Å²) in [6.45, 7) is 2.10. The molecule has 27 heavy (non-hydrogen) atoms. The summed E-state index contributed by atoms with van der Waals surface area (Å²) in [7, 11) is 3.94. The molecule has 0 radical (unpaired) electrons. The first kappa shape index (κ1) is 19.9. The lowest BCUT2D eigenvalue weighted by atomic mass is 10.1. The number of imidazole rings is 1. The summed E-state index contributed by atoms with van der Waals surface area (Å²) in [5.41, 5.74) is 1.38. The van der Waals surface area contributed by atoms with Crippen LogP contribution < -0.4 is 10.6 Å². The quantitative estimate of drug-likeness (QED) is 0.745. The van der Waals surface area contributed by atoms with Gasteiger partial charge in [0.05, 0.1) is 5.69 Å².